The van der Waals surface area contributed by atoms with Gasteiger partial charge in [0.2, 0.25) is 15.9 Å². The number of anilines is 2. The molecule has 1 amide bonds. The topological polar surface area (TPSA) is 142 Å². The van der Waals surface area contributed by atoms with Gasteiger partial charge in [-0.05, 0) is 67.0 Å². The summed E-state index contributed by atoms with van der Waals surface area (Å²) >= 11 is 5.98. The smallest absolute Gasteiger partial charge is 0.286 e. The molecule has 14 heteroatoms. The lowest BCUT2D eigenvalue weighted by atomic mass is 9.73. The van der Waals surface area contributed by atoms with Crippen molar-refractivity contribution in [2.24, 2.45) is 28.1 Å². The van der Waals surface area contributed by atoms with E-state index in [-0.39, 0.29) is 57.3 Å². The van der Waals surface area contributed by atoms with Crippen LogP contribution in [-0.2, 0) is 36.2 Å². The van der Waals surface area contributed by atoms with Gasteiger partial charge in [-0.25, -0.2) is 12.8 Å². The molecule has 6 rings (SSSR count). The average molecular weight is 595 g/mol. The monoisotopic (exact) mass is 594 g/mol. The molecule has 4 aliphatic rings. The second kappa shape index (κ2) is 9.00. The summed E-state index contributed by atoms with van der Waals surface area (Å²) in [5.74, 6) is -3.49. The first-order valence-electron chi connectivity index (χ1n) is 12.3. The number of rotatable bonds is 5. The van der Waals surface area contributed by atoms with Crippen LogP contribution < -0.4 is 10.0 Å². The van der Waals surface area contributed by atoms with E-state index in [1.165, 1.54) is 30.3 Å². The van der Waals surface area contributed by atoms with E-state index in [4.69, 9.17) is 11.6 Å². The Bertz CT molecular complexity index is 1680. The summed E-state index contributed by atoms with van der Waals surface area (Å²) in [4.78, 5) is 29.1. The molecule has 2 saturated carbocycles. The molecule has 2 N–H and O–H groups in total. The zero-order valence-electron chi connectivity index (χ0n) is 20.6. The minimum absolute atomic E-state index is 0.0269. The number of amidine groups is 1. The van der Waals surface area contributed by atoms with Gasteiger partial charge >= 0.3 is 0 Å². The number of ketones is 1. The molecule has 0 radical (unpaired) electrons. The summed E-state index contributed by atoms with van der Waals surface area (Å²) in [6.07, 6.45) is 3.48. The first-order valence-corrected chi connectivity index (χ1v) is 16.1. The maximum atomic E-state index is 13.9. The van der Waals surface area contributed by atoms with Crippen LogP contribution in [-0.4, -0.2) is 51.6 Å². The van der Waals surface area contributed by atoms with E-state index >= 15 is 0 Å². The van der Waals surface area contributed by atoms with Crippen LogP contribution in [0.1, 0.15) is 24.8 Å². The van der Waals surface area contributed by atoms with Gasteiger partial charge in [0.05, 0.1) is 17.0 Å². The van der Waals surface area contributed by atoms with E-state index < -0.39 is 43.6 Å². The molecule has 39 heavy (non-hydrogen) atoms. The Morgan fingerprint density at radius 1 is 1.15 bits per heavy atom. The van der Waals surface area contributed by atoms with Crippen molar-refractivity contribution >= 4 is 60.5 Å². The number of likely N-dealkylation sites (tertiary alicyclic amines) is 1. The normalized spacial score (nSPS) is 28.9. The molecule has 0 aromatic heterocycles. The van der Waals surface area contributed by atoms with Crippen molar-refractivity contribution < 1.29 is 30.8 Å². The molecule has 2 aliphatic heterocycles. The second-order valence-electron chi connectivity index (χ2n) is 10.6. The van der Waals surface area contributed by atoms with Crippen LogP contribution in [0.5, 0.6) is 0 Å². The molecule has 2 bridgehead atoms. The van der Waals surface area contributed by atoms with Gasteiger partial charge < -0.3 is 10.2 Å². The lowest BCUT2D eigenvalue weighted by Gasteiger charge is -2.45. The number of Topliss-reactive ketones (excluding diaryl/α,β-unsaturated/α-hetero) is 1. The molecule has 10 nitrogen and oxygen atoms in total. The lowest BCUT2D eigenvalue weighted by molar-refractivity contribution is -0.153. The van der Waals surface area contributed by atoms with Crippen LogP contribution in [0.2, 0.25) is 5.02 Å². The third-order valence-corrected chi connectivity index (χ3v) is 10.3. The molecular formula is C25H24ClFN4O6S2. The first kappa shape index (κ1) is 26.2. The highest BCUT2D eigenvalue weighted by atomic mass is 35.5. The fraction of sp³-hybridized carbons (Fsp3) is 0.400. The molecule has 2 aliphatic carbocycles. The van der Waals surface area contributed by atoms with Gasteiger partial charge in [-0.1, -0.05) is 17.7 Å². The Labute approximate surface area is 229 Å². The van der Waals surface area contributed by atoms with E-state index in [0.29, 0.717) is 5.56 Å². The fourth-order valence-electron chi connectivity index (χ4n) is 6.59. The van der Waals surface area contributed by atoms with Crippen molar-refractivity contribution in [3.8, 4) is 0 Å². The largest absolute Gasteiger partial charge is 0.341 e. The SMILES string of the molecule is CS(=O)(=O)Nc1ccc2c(c1)S(=O)(=O)N=C(C1C(=O)C3C([C@@H]4CC[C@H]3C4)N(Cc3ccc(F)c(Cl)c3)C1=O)N2. The Balaban J connectivity index is 1.38. The van der Waals surface area contributed by atoms with Gasteiger partial charge in [0.15, 0.2) is 11.7 Å². The number of carbonyl (C=O) groups excluding carboxylic acids is 2. The number of halogens is 2. The van der Waals surface area contributed by atoms with Gasteiger partial charge in [0.1, 0.15) is 16.5 Å². The highest BCUT2D eigenvalue weighted by molar-refractivity contribution is 7.92. The number of carbonyl (C=O) groups is 2. The zero-order valence-corrected chi connectivity index (χ0v) is 23.0. The number of amides is 1. The van der Waals surface area contributed by atoms with Crippen molar-refractivity contribution in [1.29, 1.82) is 0 Å². The van der Waals surface area contributed by atoms with E-state index in [2.05, 4.69) is 14.4 Å². The molecule has 5 atom stereocenters. The van der Waals surface area contributed by atoms with Crippen molar-refractivity contribution in [2.75, 3.05) is 16.3 Å². The van der Waals surface area contributed by atoms with Crippen LogP contribution in [0, 0.1) is 29.5 Å². The lowest BCUT2D eigenvalue weighted by Crippen LogP contribution is -2.61. The predicted octanol–water partition coefficient (Wildman–Crippen LogP) is 3.01. The first-order chi connectivity index (χ1) is 18.3. The average Bonchev–Trinajstić information content (AvgIpc) is 3.46. The number of hydrogen-bond acceptors (Lipinski definition) is 7. The highest BCUT2D eigenvalue weighted by Gasteiger charge is 2.60. The summed E-state index contributed by atoms with van der Waals surface area (Å²) < 4.78 is 69.3. The zero-order chi connectivity index (χ0) is 27.9. The Morgan fingerprint density at radius 2 is 1.90 bits per heavy atom. The molecule has 2 aromatic rings. The molecule has 3 fully saturated rings. The number of nitrogens with zero attached hydrogens (tertiary/aromatic N) is 2. The third kappa shape index (κ3) is 4.49. The predicted molar refractivity (Wildman–Crippen MR) is 142 cm³/mol. The molecule has 1 saturated heterocycles. The Hall–Kier alpha value is -3.03. The van der Waals surface area contributed by atoms with Crippen molar-refractivity contribution in [3.63, 3.8) is 0 Å². The number of benzene rings is 2. The van der Waals surface area contributed by atoms with Crippen LogP contribution >= 0.6 is 11.6 Å². The van der Waals surface area contributed by atoms with E-state index in [1.807, 2.05) is 0 Å². The highest BCUT2D eigenvalue weighted by Crippen LogP contribution is 2.54. The van der Waals surface area contributed by atoms with Gasteiger partial charge in [0.25, 0.3) is 10.0 Å². The number of hydrogen-bond donors (Lipinski definition) is 2. The van der Waals surface area contributed by atoms with E-state index in [0.717, 1.165) is 31.6 Å². The molecular weight excluding hydrogens is 571 g/mol. The molecule has 2 aromatic carbocycles. The maximum Gasteiger partial charge on any atom is 0.286 e. The summed E-state index contributed by atoms with van der Waals surface area (Å²) in [5, 5.41) is 2.77. The van der Waals surface area contributed by atoms with Crippen LogP contribution in [0.4, 0.5) is 15.8 Å². The molecule has 2 heterocycles. The summed E-state index contributed by atoms with van der Waals surface area (Å²) in [6.45, 7) is 0.0874. The standard InChI is InChI=1S/C25H24ClFN4O6S2/c1-38(34,35)29-15-5-7-18-19(10-15)39(36,37)30-24(28-18)21-23(32)20-13-3-4-14(9-13)22(20)31(25(21)33)11-12-2-6-17(27)16(26)8-12/h2,5-8,10,13-14,20-22,29H,3-4,9,11H2,1H3,(H,28,30)/t13-,14+,20?,21?,22?/m0/s1. The molecule has 0 spiro atoms. The van der Waals surface area contributed by atoms with Gasteiger partial charge in [-0.2, -0.15) is 8.42 Å². The summed E-state index contributed by atoms with van der Waals surface area (Å²) in [5.41, 5.74) is 0.692. The minimum atomic E-state index is -4.38. The van der Waals surface area contributed by atoms with Gasteiger partial charge in [-0.3, -0.25) is 14.3 Å². The van der Waals surface area contributed by atoms with Crippen LogP contribution in [0.15, 0.2) is 45.7 Å². The van der Waals surface area contributed by atoms with Crippen molar-refractivity contribution in [1.82, 2.24) is 4.90 Å². The Kier molecular flexibility index (Phi) is 6.05. The summed E-state index contributed by atoms with van der Waals surface area (Å²) in [7, 11) is -8.03. The summed E-state index contributed by atoms with van der Waals surface area (Å²) in [6, 6.07) is 7.70. The molecule has 206 valence electrons. The number of piperidine rings is 1. The third-order valence-electron chi connectivity index (χ3n) is 8.03. The van der Waals surface area contributed by atoms with Crippen molar-refractivity contribution in [3.05, 3.63) is 52.8 Å². The van der Waals surface area contributed by atoms with Gasteiger partial charge in [-0.15, -0.1) is 4.40 Å². The van der Waals surface area contributed by atoms with E-state index in [1.54, 1.807) is 4.90 Å². The maximum absolute atomic E-state index is 13.9. The second-order valence-corrected chi connectivity index (χ2v) is 14.3. The van der Waals surface area contributed by atoms with Crippen LogP contribution in [0.3, 0.4) is 0 Å². The Morgan fingerprint density at radius 3 is 2.62 bits per heavy atom. The number of fused-ring (bicyclic) bond motifs is 6. The van der Waals surface area contributed by atoms with Crippen molar-refractivity contribution in [2.45, 2.75) is 36.7 Å². The van der Waals surface area contributed by atoms with Gasteiger partial charge in [0, 0.05) is 24.2 Å². The minimum Gasteiger partial charge on any atom is -0.341 e. The number of nitrogens with one attached hydrogen (secondary N) is 2. The van der Waals surface area contributed by atoms with Crippen LogP contribution in [0.25, 0.3) is 0 Å². The van der Waals surface area contributed by atoms with E-state index in [9.17, 15) is 30.8 Å². The quantitative estimate of drug-likeness (QED) is 0.507. The fourth-order valence-corrected chi connectivity index (χ4v) is 8.53. The number of sulfonamides is 2. The molecule has 3 unspecified atom stereocenters.